The van der Waals surface area contributed by atoms with Gasteiger partial charge in [-0.15, -0.1) is 11.3 Å². The summed E-state index contributed by atoms with van der Waals surface area (Å²) in [7, 11) is 0. The summed E-state index contributed by atoms with van der Waals surface area (Å²) in [5.74, 6) is -0.976. The predicted octanol–water partition coefficient (Wildman–Crippen LogP) is 3.97. The van der Waals surface area contributed by atoms with Crippen LogP contribution in [0.3, 0.4) is 0 Å². The van der Waals surface area contributed by atoms with Gasteiger partial charge in [-0.3, -0.25) is 10.1 Å². The molecule has 2 aromatic carbocycles. The van der Waals surface area contributed by atoms with Gasteiger partial charge in [-0.05, 0) is 30.7 Å². The molecule has 1 atom stereocenters. The number of aromatic nitrogens is 1. The molecule has 3 N–H and O–H groups in total. The molecule has 0 saturated heterocycles. The first-order chi connectivity index (χ1) is 13.1. The molecule has 0 radical (unpaired) electrons. The highest BCUT2D eigenvalue weighted by Gasteiger charge is 2.23. The van der Waals surface area contributed by atoms with Crippen LogP contribution in [0.4, 0.5) is 10.8 Å². The van der Waals surface area contributed by atoms with Gasteiger partial charge in [0.1, 0.15) is 0 Å². The number of rotatable bonds is 6. The number of carbonyl (C=O) groups excluding carboxylic acids is 2. The van der Waals surface area contributed by atoms with Crippen LogP contribution in [0, 0.1) is 0 Å². The number of thiazole rings is 1. The molecule has 3 rings (SSSR count). The number of nitrogens with two attached hydrogens (primary N) is 1. The van der Waals surface area contributed by atoms with Crippen LogP contribution in [0.2, 0.25) is 0 Å². The number of anilines is 2. The van der Waals surface area contributed by atoms with Gasteiger partial charge < -0.3 is 10.5 Å². The Morgan fingerprint density at radius 3 is 2.52 bits per heavy atom. The Kier molecular flexibility index (Phi) is 5.83. The number of hydrogen-bond donors (Lipinski definition) is 2. The Bertz CT molecular complexity index is 923. The predicted molar refractivity (Wildman–Crippen MR) is 107 cm³/mol. The number of esters is 1. The van der Waals surface area contributed by atoms with Gasteiger partial charge in [-0.1, -0.05) is 37.3 Å². The molecule has 7 heteroatoms. The Labute approximate surface area is 161 Å². The third-order valence-corrected chi connectivity index (χ3v) is 4.62. The molecule has 0 fully saturated rings. The quantitative estimate of drug-likeness (QED) is 0.498. The SMILES string of the molecule is CCC(OC(=O)c1ccc(N)cc1)C(=O)Nc1nc(-c2ccccc2)cs1. The number of carbonyl (C=O) groups is 2. The summed E-state index contributed by atoms with van der Waals surface area (Å²) in [6.07, 6.45) is -0.553. The second-order valence-electron chi connectivity index (χ2n) is 5.82. The fraction of sp³-hybridized carbons (Fsp3) is 0.150. The minimum Gasteiger partial charge on any atom is -0.449 e. The van der Waals surface area contributed by atoms with Crippen LogP contribution in [0.25, 0.3) is 11.3 Å². The van der Waals surface area contributed by atoms with Crippen molar-refractivity contribution in [2.24, 2.45) is 0 Å². The fourth-order valence-corrected chi connectivity index (χ4v) is 3.12. The lowest BCUT2D eigenvalue weighted by molar-refractivity contribution is -0.124. The average molecular weight is 381 g/mol. The average Bonchev–Trinajstić information content (AvgIpc) is 3.15. The lowest BCUT2D eigenvalue weighted by Gasteiger charge is -2.15. The van der Waals surface area contributed by atoms with E-state index in [1.807, 2.05) is 35.7 Å². The largest absolute Gasteiger partial charge is 0.449 e. The Hall–Kier alpha value is -3.19. The Morgan fingerprint density at radius 2 is 1.85 bits per heavy atom. The van der Waals surface area contributed by atoms with Crippen molar-refractivity contribution in [2.75, 3.05) is 11.1 Å². The highest BCUT2D eigenvalue weighted by Crippen LogP contribution is 2.25. The van der Waals surface area contributed by atoms with Crippen molar-refractivity contribution in [2.45, 2.75) is 19.4 Å². The Balaban J connectivity index is 1.64. The second-order valence-corrected chi connectivity index (χ2v) is 6.68. The number of benzene rings is 2. The van der Waals surface area contributed by atoms with Crippen molar-refractivity contribution in [3.63, 3.8) is 0 Å². The second kappa shape index (κ2) is 8.46. The number of ether oxygens (including phenoxy) is 1. The molecule has 3 aromatic rings. The minimum atomic E-state index is -0.904. The summed E-state index contributed by atoms with van der Waals surface area (Å²) in [6, 6.07) is 16.0. The van der Waals surface area contributed by atoms with E-state index in [1.54, 1.807) is 31.2 Å². The number of nitrogen functional groups attached to an aromatic ring is 1. The molecular formula is C20H19N3O3S. The number of hydrogen-bond acceptors (Lipinski definition) is 6. The summed E-state index contributed by atoms with van der Waals surface area (Å²) in [4.78, 5) is 29.1. The molecular weight excluding hydrogens is 362 g/mol. The van der Waals surface area contributed by atoms with E-state index in [-0.39, 0.29) is 0 Å². The number of amides is 1. The smallest absolute Gasteiger partial charge is 0.338 e. The van der Waals surface area contributed by atoms with Crippen molar-refractivity contribution < 1.29 is 14.3 Å². The molecule has 0 spiro atoms. The van der Waals surface area contributed by atoms with E-state index in [0.717, 1.165) is 11.3 Å². The molecule has 138 valence electrons. The maximum absolute atomic E-state index is 12.5. The molecule has 6 nitrogen and oxygen atoms in total. The first-order valence-corrected chi connectivity index (χ1v) is 9.33. The third kappa shape index (κ3) is 4.71. The molecule has 1 amide bonds. The molecule has 27 heavy (non-hydrogen) atoms. The summed E-state index contributed by atoms with van der Waals surface area (Å²) in [5.41, 5.74) is 8.25. The zero-order valence-electron chi connectivity index (χ0n) is 14.7. The monoisotopic (exact) mass is 381 g/mol. The van der Waals surface area contributed by atoms with Crippen molar-refractivity contribution in [1.29, 1.82) is 0 Å². The van der Waals surface area contributed by atoms with Gasteiger partial charge in [0.25, 0.3) is 5.91 Å². The van der Waals surface area contributed by atoms with Gasteiger partial charge in [0.2, 0.25) is 0 Å². The zero-order chi connectivity index (χ0) is 19.2. The van der Waals surface area contributed by atoms with Gasteiger partial charge in [0.15, 0.2) is 11.2 Å². The van der Waals surface area contributed by atoms with Crippen molar-refractivity contribution in [3.8, 4) is 11.3 Å². The fourth-order valence-electron chi connectivity index (χ4n) is 2.40. The van der Waals surface area contributed by atoms with Gasteiger partial charge >= 0.3 is 5.97 Å². The molecule has 1 heterocycles. The van der Waals surface area contributed by atoms with E-state index in [4.69, 9.17) is 10.5 Å². The first kappa shape index (κ1) is 18.6. The van der Waals surface area contributed by atoms with Crippen LogP contribution in [0.5, 0.6) is 0 Å². The molecule has 0 aliphatic heterocycles. The summed E-state index contributed by atoms with van der Waals surface area (Å²) in [5, 5.41) is 5.05. The van der Waals surface area contributed by atoms with Crippen LogP contribution in [0.1, 0.15) is 23.7 Å². The minimum absolute atomic E-state index is 0.344. The van der Waals surface area contributed by atoms with Gasteiger partial charge in [-0.25, -0.2) is 9.78 Å². The van der Waals surface area contributed by atoms with E-state index in [9.17, 15) is 9.59 Å². The third-order valence-electron chi connectivity index (χ3n) is 3.86. The summed E-state index contributed by atoms with van der Waals surface area (Å²) < 4.78 is 5.34. The van der Waals surface area contributed by atoms with E-state index >= 15 is 0 Å². The van der Waals surface area contributed by atoms with Gasteiger partial charge in [-0.2, -0.15) is 0 Å². The molecule has 1 unspecified atom stereocenters. The van der Waals surface area contributed by atoms with Crippen molar-refractivity contribution >= 4 is 34.0 Å². The van der Waals surface area contributed by atoms with E-state index < -0.39 is 18.0 Å². The summed E-state index contributed by atoms with van der Waals surface area (Å²) in [6.45, 7) is 1.78. The molecule has 0 bridgehead atoms. The van der Waals surface area contributed by atoms with E-state index in [2.05, 4.69) is 10.3 Å². The molecule has 0 aliphatic rings. The van der Waals surface area contributed by atoms with Crippen LogP contribution in [-0.4, -0.2) is 23.0 Å². The van der Waals surface area contributed by atoms with E-state index in [1.165, 1.54) is 11.3 Å². The normalized spacial score (nSPS) is 11.6. The van der Waals surface area contributed by atoms with Crippen LogP contribution >= 0.6 is 11.3 Å². The molecule has 1 aromatic heterocycles. The number of nitrogens with one attached hydrogen (secondary N) is 1. The lowest BCUT2D eigenvalue weighted by atomic mass is 10.2. The summed E-state index contributed by atoms with van der Waals surface area (Å²) >= 11 is 1.32. The van der Waals surface area contributed by atoms with Crippen LogP contribution in [-0.2, 0) is 9.53 Å². The molecule has 0 saturated carbocycles. The van der Waals surface area contributed by atoms with Crippen molar-refractivity contribution in [3.05, 3.63) is 65.5 Å². The Morgan fingerprint density at radius 1 is 1.15 bits per heavy atom. The molecule has 0 aliphatic carbocycles. The highest BCUT2D eigenvalue weighted by molar-refractivity contribution is 7.14. The zero-order valence-corrected chi connectivity index (χ0v) is 15.5. The number of nitrogens with zero attached hydrogens (tertiary/aromatic N) is 1. The van der Waals surface area contributed by atoms with E-state index in [0.29, 0.717) is 22.8 Å². The standard InChI is InChI=1S/C20H19N3O3S/c1-2-17(26-19(25)14-8-10-15(21)11-9-14)18(24)23-20-22-16(12-27-20)13-6-4-3-5-7-13/h3-12,17H,2,21H2,1H3,(H,22,23,24). The van der Waals surface area contributed by atoms with Crippen molar-refractivity contribution in [1.82, 2.24) is 4.98 Å². The van der Waals surface area contributed by atoms with Crippen LogP contribution in [0.15, 0.2) is 60.0 Å². The maximum atomic E-state index is 12.5. The van der Waals surface area contributed by atoms with Gasteiger partial charge in [0.05, 0.1) is 11.3 Å². The lowest BCUT2D eigenvalue weighted by Crippen LogP contribution is -2.32. The van der Waals surface area contributed by atoms with Crippen LogP contribution < -0.4 is 11.1 Å². The van der Waals surface area contributed by atoms with Gasteiger partial charge in [0, 0.05) is 16.6 Å². The first-order valence-electron chi connectivity index (χ1n) is 8.45. The maximum Gasteiger partial charge on any atom is 0.338 e. The topological polar surface area (TPSA) is 94.3 Å². The highest BCUT2D eigenvalue weighted by atomic mass is 32.1.